The van der Waals surface area contributed by atoms with Crippen LogP contribution in [0.5, 0.6) is 11.5 Å². The van der Waals surface area contributed by atoms with Gasteiger partial charge in [-0.25, -0.2) is 9.79 Å². The Kier molecular flexibility index (Phi) is 4.49. The molecule has 0 N–H and O–H groups in total. The lowest BCUT2D eigenvalue weighted by molar-refractivity contribution is -0.129. The smallest absolute Gasteiger partial charge is 0.363 e. The largest absolute Gasteiger partial charge is 0.493 e. The van der Waals surface area contributed by atoms with Crippen LogP contribution in [0.3, 0.4) is 0 Å². The standard InChI is InChI=1S/C16H12BrNO4S/c1-20-13-4-3-9(5-14(13)21-2)15-18-12(16(19)22-15)7-11-6-10(17)8-23-11/h3-8H,1-2H3/b12-7-. The minimum absolute atomic E-state index is 0.248. The minimum Gasteiger partial charge on any atom is -0.493 e. The van der Waals surface area contributed by atoms with Gasteiger partial charge < -0.3 is 14.2 Å². The third-order valence-corrected chi connectivity index (χ3v) is 4.76. The summed E-state index contributed by atoms with van der Waals surface area (Å²) in [5.41, 5.74) is 0.913. The summed E-state index contributed by atoms with van der Waals surface area (Å²) in [4.78, 5) is 17.2. The molecule has 7 heteroatoms. The first-order chi connectivity index (χ1) is 11.1. The maximum atomic E-state index is 12.0. The van der Waals surface area contributed by atoms with E-state index in [-0.39, 0.29) is 11.6 Å². The fraction of sp³-hybridized carbons (Fsp3) is 0.125. The lowest BCUT2D eigenvalue weighted by Crippen LogP contribution is -2.05. The van der Waals surface area contributed by atoms with Crippen LogP contribution in [0, 0.1) is 0 Å². The molecule has 1 aliphatic heterocycles. The summed E-state index contributed by atoms with van der Waals surface area (Å²) in [6.45, 7) is 0. The van der Waals surface area contributed by atoms with Gasteiger partial charge in [0, 0.05) is 20.3 Å². The van der Waals surface area contributed by atoms with Gasteiger partial charge in [0.05, 0.1) is 14.2 Å². The highest BCUT2D eigenvalue weighted by Gasteiger charge is 2.25. The molecule has 3 rings (SSSR count). The highest BCUT2D eigenvalue weighted by Crippen LogP contribution is 2.30. The number of cyclic esters (lactones) is 1. The number of hydrogen-bond donors (Lipinski definition) is 0. The van der Waals surface area contributed by atoms with Gasteiger partial charge in [-0.2, -0.15) is 0 Å². The second-order valence-electron chi connectivity index (χ2n) is 4.57. The number of ether oxygens (including phenoxy) is 3. The number of carbonyl (C=O) groups is 1. The zero-order chi connectivity index (χ0) is 16.4. The summed E-state index contributed by atoms with van der Waals surface area (Å²) < 4.78 is 16.7. The molecule has 0 saturated heterocycles. The second-order valence-corrected chi connectivity index (χ2v) is 6.43. The summed E-state index contributed by atoms with van der Waals surface area (Å²) >= 11 is 4.89. The van der Waals surface area contributed by atoms with Crippen molar-refractivity contribution in [2.45, 2.75) is 0 Å². The number of rotatable bonds is 4. The zero-order valence-corrected chi connectivity index (χ0v) is 14.7. The molecule has 1 aromatic carbocycles. The van der Waals surface area contributed by atoms with Crippen LogP contribution in [0.1, 0.15) is 10.4 Å². The molecule has 1 aliphatic rings. The van der Waals surface area contributed by atoms with Crippen molar-refractivity contribution in [1.82, 2.24) is 0 Å². The number of methoxy groups -OCH3 is 2. The fourth-order valence-corrected chi connectivity index (χ4v) is 3.41. The van der Waals surface area contributed by atoms with E-state index in [0.717, 1.165) is 9.35 Å². The summed E-state index contributed by atoms with van der Waals surface area (Å²) in [6, 6.07) is 7.13. The van der Waals surface area contributed by atoms with Crippen LogP contribution in [0.15, 0.2) is 44.8 Å². The van der Waals surface area contributed by atoms with Gasteiger partial charge >= 0.3 is 5.97 Å². The molecule has 0 spiro atoms. The van der Waals surface area contributed by atoms with Gasteiger partial charge in [-0.15, -0.1) is 11.3 Å². The molecule has 0 radical (unpaired) electrons. The Hall–Kier alpha value is -2.12. The van der Waals surface area contributed by atoms with Crippen LogP contribution in [-0.2, 0) is 9.53 Å². The van der Waals surface area contributed by atoms with E-state index in [1.807, 2.05) is 11.4 Å². The Balaban J connectivity index is 1.93. The molecule has 0 bridgehead atoms. The number of hydrogen-bond acceptors (Lipinski definition) is 6. The Morgan fingerprint density at radius 2 is 2.00 bits per heavy atom. The second kappa shape index (κ2) is 6.55. The molecule has 0 saturated carbocycles. The van der Waals surface area contributed by atoms with E-state index in [9.17, 15) is 4.79 Å². The number of thiophene rings is 1. The molecule has 2 heterocycles. The molecule has 23 heavy (non-hydrogen) atoms. The van der Waals surface area contributed by atoms with E-state index < -0.39 is 5.97 Å². The first-order valence-corrected chi connectivity index (χ1v) is 8.27. The van der Waals surface area contributed by atoms with Gasteiger partial charge in [0.25, 0.3) is 0 Å². The van der Waals surface area contributed by atoms with Crippen LogP contribution < -0.4 is 9.47 Å². The van der Waals surface area contributed by atoms with Crippen molar-refractivity contribution < 1.29 is 19.0 Å². The van der Waals surface area contributed by atoms with E-state index in [4.69, 9.17) is 14.2 Å². The van der Waals surface area contributed by atoms with Crippen molar-refractivity contribution in [3.05, 3.63) is 50.3 Å². The number of nitrogens with zero attached hydrogens (tertiary/aromatic N) is 1. The number of halogens is 1. The van der Waals surface area contributed by atoms with Crippen LogP contribution >= 0.6 is 27.3 Å². The summed E-state index contributed by atoms with van der Waals surface area (Å²) in [5, 5.41) is 1.94. The fourth-order valence-electron chi connectivity index (χ4n) is 2.04. The molecule has 0 aliphatic carbocycles. The lowest BCUT2D eigenvalue weighted by Gasteiger charge is -2.08. The van der Waals surface area contributed by atoms with Gasteiger partial charge in [-0.1, -0.05) is 0 Å². The Morgan fingerprint density at radius 1 is 1.22 bits per heavy atom. The quantitative estimate of drug-likeness (QED) is 0.584. The summed E-state index contributed by atoms with van der Waals surface area (Å²) in [7, 11) is 3.11. The summed E-state index contributed by atoms with van der Waals surface area (Å²) in [6.07, 6.45) is 1.70. The number of aliphatic imine (C=N–C) groups is 1. The van der Waals surface area contributed by atoms with E-state index in [1.54, 1.807) is 38.5 Å². The van der Waals surface area contributed by atoms with Gasteiger partial charge in [0.2, 0.25) is 5.90 Å². The molecule has 2 aromatic rings. The molecular weight excluding hydrogens is 382 g/mol. The highest BCUT2D eigenvalue weighted by atomic mass is 79.9. The van der Waals surface area contributed by atoms with Crippen molar-refractivity contribution in [1.29, 1.82) is 0 Å². The maximum absolute atomic E-state index is 12.0. The first-order valence-electron chi connectivity index (χ1n) is 6.59. The SMILES string of the molecule is COc1ccc(C2=N/C(=C\c3cc(Br)cs3)C(=O)O2)cc1OC. The predicted octanol–water partition coefficient (Wildman–Crippen LogP) is 3.87. The van der Waals surface area contributed by atoms with E-state index in [0.29, 0.717) is 17.1 Å². The Bertz CT molecular complexity index is 825. The third kappa shape index (κ3) is 3.30. The lowest BCUT2D eigenvalue weighted by atomic mass is 10.2. The number of carbonyl (C=O) groups excluding carboxylic acids is 1. The molecule has 0 amide bonds. The van der Waals surface area contributed by atoms with Gasteiger partial charge in [0.15, 0.2) is 17.2 Å². The molecule has 1 aromatic heterocycles. The van der Waals surface area contributed by atoms with Gasteiger partial charge in [-0.05, 0) is 46.3 Å². The average Bonchev–Trinajstić information content (AvgIpc) is 3.13. The van der Waals surface area contributed by atoms with E-state index in [2.05, 4.69) is 20.9 Å². The normalized spacial score (nSPS) is 15.5. The molecular formula is C16H12BrNO4S. The topological polar surface area (TPSA) is 57.1 Å². The number of benzene rings is 1. The van der Waals surface area contributed by atoms with Crippen molar-refractivity contribution in [3.8, 4) is 11.5 Å². The van der Waals surface area contributed by atoms with Crippen molar-refractivity contribution in [3.63, 3.8) is 0 Å². The van der Waals surface area contributed by atoms with Crippen molar-refractivity contribution in [2.24, 2.45) is 4.99 Å². The van der Waals surface area contributed by atoms with Crippen LogP contribution in [0.25, 0.3) is 6.08 Å². The molecule has 5 nitrogen and oxygen atoms in total. The summed E-state index contributed by atoms with van der Waals surface area (Å²) in [5.74, 6) is 0.917. The maximum Gasteiger partial charge on any atom is 0.363 e. The third-order valence-electron chi connectivity index (χ3n) is 3.12. The average molecular weight is 394 g/mol. The monoisotopic (exact) mass is 393 g/mol. The van der Waals surface area contributed by atoms with Crippen LogP contribution in [-0.4, -0.2) is 26.1 Å². The van der Waals surface area contributed by atoms with Gasteiger partial charge in [-0.3, -0.25) is 0 Å². The van der Waals surface area contributed by atoms with E-state index >= 15 is 0 Å². The zero-order valence-electron chi connectivity index (χ0n) is 12.3. The van der Waals surface area contributed by atoms with Crippen molar-refractivity contribution in [2.75, 3.05) is 14.2 Å². The van der Waals surface area contributed by atoms with Crippen molar-refractivity contribution >= 4 is 45.2 Å². The van der Waals surface area contributed by atoms with Gasteiger partial charge in [0.1, 0.15) is 0 Å². The molecule has 0 unspecified atom stereocenters. The number of esters is 1. The highest BCUT2D eigenvalue weighted by molar-refractivity contribution is 9.10. The molecule has 118 valence electrons. The minimum atomic E-state index is -0.473. The molecule has 0 fully saturated rings. The molecule has 0 atom stereocenters. The first kappa shape index (κ1) is 15.8. The Labute approximate surface area is 145 Å². The van der Waals surface area contributed by atoms with Crippen LogP contribution in [0.2, 0.25) is 0 Å². The Morgan fingerprint density at radius 3 is 2.65 bits per heavy atom. The van der Waals surface area contributed by atoms with E-state index in [1.165, 1.54) is 11.3 Å². The van der Waals surface area contributed by atoms with Crippen LogP contribution in [0.4, 0.5) is 0 Å². The predicted molar refractivity (Wildman–Crippen MR) is 92.2 cm³/mol.